The molecular formula is C10H13NO2S. The zero-order chi connectivity index (χ0) is 10.1. The van der Waals surface area contributed by atoms with Crippen LogP contribution in [0.2, 0.25) is 0 Å². The summed E-state index contributed by atoms with van der Waals surface area (Å²) in [5.41, 5.74) is 0. The van der Waals surface area contributed by atoms with Crippen LogP contribution in [0.3, 0.4) is 0 Å². The predicted molar refractivity (Wildman–Crippen MR) is 54.3 cm³/mol. The van der Waals surface area contributed by atoms with Gasteiger partial charge in [-0.3, -0.25) is 10.0 Å². The summed E-state index contributed by atoms with van der Waals surface area (Å²) in [6.45, 7) is 1.85. The van der Waals surface area contributed by atoms with Gasteiger partial charge in [0.2, 0.25) is 5.91 Å². The largest absolute Gasteiger partial charge is 0.286 e. The van der Waals surface area contributed by atoms with Crippen LogP contribution in [-0.2, 0) is 4.79 Å². The molecule has 1 aliphatic rings. The highest BCUT2D eigenvalue weighted by atomic mass is 32.1. The number of carbonyl (C=O) groups excluding carboxylic acids is 1. The molecule has 1 amide bonds. The molecule has 1 saturated carbocycles. The van der Waals surface area contributed by atoms with Crippen molar-refractivity contribution in [2.24, 2.45) is 5.92 Å². The minimum absolute atomic E-state index is 0.276. The zero-order valence-electron chi connectivity index (χ0n) is 8.01. The third kappa shape index (κ3) is 1.96. The molecule has 1 N–H and O–H groups in total. The van der Waals surface area contributed by atoms with Gasteiger partial charge in [-0.05, 0) is 29.7 Å². The SMILES string of the molecule is CC(=O)N(O)C[C@@H]1C[C@H]1c1cccs1. The van der Waals surface area contributed by atoms with Gasteiger partial charge in [0, 0.05) is 11.8 Å². The Balaban J connectivity index is 1.85. The normalized spacial score (nSPS) is 24.7. The molecule has 0 spiro atoms. The number of hydroxylamine groups is 2. The van der Waals surface area contributed by atoms with Crippen LogP contribution < -0.4 is 0 Å². The first-order chi connectivity index (χ1) is 6.68. The van der Waals surface area contributed by atoms with E-state index < -0.39 is 0 Å². The molecule has 3 nitrogen and oxygen atoms in total. The maximum atomic E-state index is 10.8. The standard InChI is InChI=1S/C10H13NO2S/c1-7(12)11(13)6-8-5-9(8)10-3-2-4-14-10/h2-4,8-9,13H,5-6H2,1H3/t8-,9+/m0/s1. The van der Waals surface area contributed by atoms with E-state index in [1.165, 1.54) is 11.8 Å². The van der Waals surface area contributed by atoms with Gasteiger partial charge in [-0.2, -0.15) is 0 Å². The fourth-order valence-corrected chi connectivity index (χ4v) is 2.59. The molecule has 1 aliphatic carbocycles. The zero-order valence-corrected chi connectivity index (χ0v) is 8.83. The number of carbonyl (C=O) groups is 1. The molecule has 0 radical (unpaired) electrons. The maximum Gasteiger partial charge on any atom is 0.242 e. The van der Waals surface area contributed by atoms with Crippen molar-refractivity contribution in [1.82, 2.24) is 5.06 Å². The Hall–Kier alpha value is -0.870. The topological polar surface area (TPSA) is 40.5 Å². The van der Waals surface area contributed by atoms with Gasteiger partial charge in [0.25, 0.3) is 0 Å². The van der Waals surface area contributed by atoms with Crippen molar-refractivity contribution in [3.05, 3.63) is 22.4 Å². The van der Waals surface area contributed by atoms with E-state index in [2.05, 4.69) is 11.4 Å². The summed E-state index contributed by atoms with van der Waals surface area (Å²) in [7, 11) is 0. The summed E-state index contributed by atoms with van der Waals surface area (Å²) in [4.78, 5) is 12.1. The lowest BCUT2D eigenvalue weighted by Crippen LogP contribution is -2.27. The van der Waals surface area contributed by atoms with Crippen LogP contribution in [0, 0.1) is 5.92 Å². The molecule has 76 valence electrons. The van der Waals surface area contributed by atoms with E-state index in [1.54, 1.807) is 11.3 Å². The van der Waals surface area contributed by atoms with Crippen molar-refractivity contribution in [1.29, 1.82) is 0 Å². The fraction of sp³-hybridized carbons (Fsp3) is 0.500. The molecule has 0 bridgehead atoms. The van der Waals surface area contributed by atoms with E-state index in [-0.39, 0.29) is 5.91 Å². The van der Waals surface area contributed by atoms with Gasteiger partial charge in [-0.15, -0.1) is 11.3 Å². The third-order valence-corrected chi connectivity index (χ3v) is 3.61. The predicted octanol–water partition coefficient (Wildman–Crippen LogP) is 2.09. The monoisotopic (exact) mass is 211 g/mol. The molecule has 0 saturated heterocycles. The Morgan fingerprint density at radius 2 is 2.57 bits per heavy atom. The molecule has 2 rings (SSSR count). The lowest BCUT2D eigenvalue weighted by Gasteiger charge is -2.11. The van der Waals surface area contributed by atoms with Crippen LogP contribution in [0.1, 0.15) is 24.1 Å². The van der Waals surface area contributed by atoms with Gasteiger partial charge in [0.1, 0.15) is 0 Å². The summed E-state index contributed by atoms with van der Waals surface area (Å²) in [6, 6.07) is 4.15. The Kier molecular flexibility index (Phi) is 2.56. The van der Waals surface area contributed by atoms with Crippen LogP contribution in [0.4, 0.5) is 0 Å². The van der Waals surface area contributed by atoms with E-state index >= 15 is 0 Å². The average Bonchev–Trinajstić information content (AvgIpc) is 2.70. The lowest BCUT2D eigenvalue weighted by atomic mass is 10.2. The summed E-state index contributed by atoms with van der Waals surface area (Å²) in [6.07, 6.45) is 1.09. The second-order valence-corrected chi connectivity index (χ2v) is 4.70. The minimum Gasteiger partial charge on any atom is -0.286 e. The second kappa shape index (κ2) is 3.71. The van der Waals surface area contributed by atoms with E-state index in [0.717, 1.165) is 11.5 Å². The van der Waals surface area contributed by atoms with Crippen LogP contribution in [-0.4, -0.2) is 22.7 Å². The van der Waals surface area contributed by atoms with Gasteiger partial charge >= 0.3 is 0 Å². The first-order valence-corrected chi connectivity index (χ1v) is 5.57. The van der Waals surface area contributed by atoms with Crippen LogP contribution in [0.5, 0.6) is 0 Å². The Morgan fingerprint density at radius 3 is 3.14 bits per heavy atom. The summed E-state index contributed by atoms with van der Waals surface area (Å²) in [5, 5.41) is 12.1. The molecular weight excluding hydrogens is 198 g/mol. The molecule has 1 aromatic heterocycles. The number of nitrogens with zero attached hydrogens (tertiary/aromatic N) is 1. The lowest BCUT2D eigenvalue weighted by molar-refractivity contribution is -0.163. The van der Waals surface area contributed by atoms with Crippen molar-refractivity contribution in [2.75, 3.05) is 6.54 Å². The minimum atomic E-state index is -0.276. The van der Waals surface area contributed by atoms with Crippen molar-refractivity contribution in [3.8, 4) is 0 Å². The Labute approximate surface area is 86.9 Å². The first kappa shape index (κ1) is 9.68. The molecule has 2 atom stereocenters. The fourth-order valence-electron chi connectivity index (χ4n) is 1.65. The summed E-state index contributed by atoms with van der Waals surface area (Å²) < 4.78 is 0. The molecule has 4 heteroatoms. The van der Waals surface area contributed by atoms with Crippen molar-refractivity contribution in [3.63, 3.8) is 0 Å². The van der Waals surface area contributed by atoms with E-state index in [9.17, 15) is 10.0 Å². The molecule has 1 aromatic rings. The van der Waals surface area contributed by atoms with Crippen LogP contribution in [0.25, 0.3) is 0 Å². The van der Waals surface area contributed by atoms with Gasteiger partial charge in [0.15, 0.2) is 0 Å². The Bertz CT molecular complexity index is 323. The first-order valence-electron chi connectivity index (χ1n) is 4.69. The molecule has 1 fully saturated rings. The van der Waals surface area contributed by atoms with Gasteiger partial charge < -0.3 is 0 Å². The van der Waals surface area contributed by atoms with Gasteiger partial charge in [-0.25, -0.2) is 5.06 Å². The van der Waals surface area contributed by atoms with Crippen molar-refractivity contribution < 1.29 is 10.0 Å². The molecule has 1 heterocycles. The highest BCUT2D eigenvalue weighted by Crippen LogP contribution is 2.49. The quantitative estimate of drug-likeness (QED) is 0.614. The maximum absolute atomic E-state index is 10.8. The number of amides is 1. The van der Waals surface area contributed by atoms with Crippen molar-refractivity contribution in [2.45, 2.75) is 19.3 Å². The van der Waals surface area contributed by atoms with Crippen molar-refractivity contribution >= 4 is 17.2 Å². The number of hydrogen-bond donors (Lipinski definition) is 1. The molecule has 0 aromatic carbocycles. The van der Waals surface area contributed by atoms with E-state index in [1.807, 2.05) is 6.07 Å². The Morgan fingerprint density at radius 1 is 1.79 bits per heavy atom. The average molecular weight is 211 g/mol. The van der Waals surface area contributed by atoms with E-state index in [0.29, 0.717) is 18.4 Å². The third-order valence-electron chi connectivity index (χ3n) is 2.60. The van der Waals surface area contributed by atoms with Gasteiger partial charge in [0.05, 0.1) is 6.54 Å². The highest BCUT2D eigenvalue weighted by molar-refractivity contribution is 7.10. The molecule has 0 aliphatic heterocycles. The number of rotatable bonds is 3. The van der Waals surface area contributed by atoms with Crippen LogP contribution in [0.15, 0.2) is 17.5 Å². The second-order valence-electron chi connectivity index (χ2n) is 3.72. The van der Waals surface area contributed by atoms with Crippen LogP contribution >= 0.6 is 11.3 Å². The number of hydrogen-bond acceptors (Lipinski definition) is 3. The number of thiophene rings is 1. The van der Waals surface area contributed by atoms with E-state index in [4.69, 9.17) is 0 Å². The van der Waals surface area contributed by atoms with Gasteiger partial charge in [-0.1, -0.05) is 6.07 Å². The summed E-state index contributed by atoms with van der Waals surface area (Å²) >= 11 is 1.75. The molecule has 0 unspecified atom stereocenters. The smallest absolute Gasteiger partial charge is 0.242 e. The summed E-state index contributed by atoms with van der Waals surface area (Å²) in [5.74, 6) is 0.730. The highest BCUT2D eigenvalue weighted by Gasteiger charge is 2.40. The molecule has 14 heavy (non-hydrogen) atoms.